The molecule has 2 N–H and O–H groups in total. The van der Waals surface area contributed by atoms with Crippen molar-refractivity contribution >= 4 is 21.4 Å². The standard InChI is InChI=1S/C22H24N6OS/c29-15-19-8-4-10-27(19)13-18-6-2-1-5-16(18)12-24-21-26-28-14-20(25-22(28)30-21)17-7-3-9-23-11-17/h1-3,5-7,9,11,14,19,29H,4,8,10,12-13,15H2,(H,24,26). The maximum Gasteiger partial charge on any atom is 0.214 e. The minimum Gasteiger partial charge on any atom is -0.395 e. The number of benzene rings is 1. The zero-order valence-electron chi connectivity index (χ0n) is 16.6. The van der Waals surface area contributed by atoms with E-state index in [1.54, 1.807) is 17.5 Å². The number of aliphatic hydroxyl groups excluding tert-OH is 1. The number of likely N-dealkylation sites (tertiary alicyclic amines) is 1. The highest BCUT2D eigenvalue weighted by atomic mass is 32.1. The Bertz CT molecular complexity index is 1090. The van der Waals surface area contributed by atoms with Crippen molar-refractivity contribution in [2.24, 2.45) is 0 Å². The lowest BCUT2D eigenvalue weighted by Crippen LogP contribution is -2.32. The van der Waals surface area contributed by atoms with Gasteiger partial charge in [-0.2, -0.15) is 0 Å². The third-order valence-corrected chi connectivity index (χ3v) is 6.51. The molecule has 0 spiro atoms. The lowest BCUT2D eigenvalue weighted by Gasteiger charge is -2.24. The summed E-state index contributed by atoms with van der Waals surface area (Å²) in [5.41, 5.74) is 4.42. The second-order valence-electron chi connectivity index (χ2n) is 7.57. The van der Waals surface area contributed by atoms with Crippen LogP contribution in [-0.4, -0.2) is 48.8 Å². The van der Waals surface area contributed by atoms with Crippen LogP contribution >= 0.6 is 11.3 Å². The minimum absolute atomic E-state index is 0.236. The highest BCUT2D eigenvalue weighted by molar-refractivity contribution is 7.20. The average Bonchev–Trinajstić information content (AvgIpc) is 3.48. The Labute approximate surface area is 179 Å². The van der Waals surface area contributed by atoms with Crippen LogP contribution in [0.25, 0.3) is 16.2 Å². The molecule has 0 aliphatic carbocycles. The third-order valence-electron chi connectivity index (χ3n) is 5.63. The molecule has 1 fully saturated rings. The first-order valence-electron chi connectivity index (χ1n) is 10.2. The van der Waals surface area contributed by atoms with Gasteiger partial charge in [-0.15, -0.1) is 5.10 Å². The Kier molecular flexibility index (Phi) is 5.44. The van der Waals surface area contributed by atoms with E-state index in [2.05, 4.69) is 49.5 Å². The number of nitrogens with one attached hydrogen (secondary N) is 1. The van der Waals surface area contributed by atoms with E-state index in [4.69, 9.17) is 0 Å². The van der Waals surface area contributed by atoms with Crippen LogP contribution in [-0.2, 0) is 13.1 Å². The molecule has 30 heavy (non-hydrogen) atoms. The van der Waals surface area contributed by atoms with Gasteiger partial charge in [0.15, 0.2) is 0 Å². The van der Waals surface area contributed by atoms with Crippen LogP contribution in [0.1, 0.15) is 24.0 Å². The number of anilines is 1. The molecule has 1 unspecified atom stereocenters. The zero-order chi connectivity index (χ0) is 20.3. The Hall–Kier alpha value is -2.81. The van der Waals surface area contributed by atoms with E-state index >= 15 is 0 Å². The average molecular weight is 421 g/mol. The van der Waals surface area contributed by atoms with Crippen molar-refractivity contribution in [3.63, 3.8) is 0 Å². The van der Waals surface area contributed by atoms with Crippen LogP contribution in [0, 0.1) is 0 Å². The molecule has 4 heterocycles. The number of imidazole rings is 1. The normalized spacial score (nSPS) is 17.0. The molecule has 4 aromatic rings. The van der Waals surface area contributed by atoms with Crippen LogP contribution in [0.4, 0.5) is 5.13 Å². The largest absolute Gasteiger partial charge is 0.395 e. The first-order valence-corrected chi connectivity index (χ1v) is 11.0. The van der Waals surface area contributed by atoms with Crippen LogP contribution in [0.2, 0.25) is 0 Å². The van der Waals surface area contributed by atoms with E-state index in [1.807, 2.05) is 29.0 Å². The fraction of sp³-hybridized carbons (Fsp3) is 0.318. The molecule has 5 rings (SSSR count). The summed E-state index contributed by atoms with van der Waals surface area (Å²) in [6.07, 6.45) is 7.74. The highest BCUT2D eigenvalue weighted by Gasteiger charge is 2.24. The fourth-order valence-electron chi connectivity index (χ4n) is 4.01. The van der Waals surface area contributed by atoms with Gasteiger partial charge in [0.05, 0.1) is 18.5 Å². The third kappa shape index (κ3) is 3.94. The first kappa shape index (κ1) is 19.2. The number of nitrogens with zero attached hydrogens (tertiary/aromatic N) is 5. The lowest BCUT2D eigenvalue weighted by atomic mass is 10.1. The Morgan fingerprint density at radius 3 is 2.87 bits per heavy atom. The van der Waals surface area contributed by atoms with Crippen LogP contribution < -0.4 is 5.32 Å². The lowest BCUT2D eigenvalue weighted by molar-refractivity contribution is 0.153. The van der Waals surface area contributed by atoms with Crippen LogP contribution in [0.5, 0.6) is 0 Å². The molecule has 0 bridgehead atoms. The van der Waals surface area contributed by atoms with Gasteiger partial charge >= 0.3 is 0 Å². The number of pyridine rings is 1. The number of aromatic nitrogens is 4. The summed E-state index contributed by atoms with van der Waals surface area (Å²) in [5.74, 6) is 0. The molecular weight excluding hydrogens is 396 g/mol. The predicted octanol–water partition coefficient (Wildman–Crippen LogP) is 3.42. The van der Waals surface area contributed by atoms with Gasteiger partial charge in [-0.1, -0.05) is 35.6 Å². The Morgan fingerprint density at radius 1 is 1.17 bits per heavy atom. The summed E-state index contributed by atoms with van der Waals surface area (Å²) in [6.45, 7) is 2.87. The van der Waals surface area contributed by atoms with E-state index in [-0.39, 0.29) is 12.6 Å². The van der Waals surface area contributed by atoms with Gasteiger partial charge in [0.25, 0.3) is 0 Å². The molecule has 1 aliphatic rings. The molecular formula is C22H24N6OS. The second kappa shape index (κ2) is 8.51. The fourth-order valence-corrected chi connectivity index (χ4v) is 4.79. The van der Waals surface area contributed by atoms with Gasteiger partial charge in [0.1, 0.15) is 0 Å². The van der Waals surface area contributed by atoms with E-state index in [1.165, 1.54) is 11.1 Å². The van der Waals surface area contributed by atoms with Crippen molar-refractivity contribution in [3.05, 3.63) is 66.1 Å². The summed E-state index contributed by atoms with van der Waals surface area (Å²) in [4.78, 5) is 12.1. The van der Waals surface area contributed by atoms with Crippen molar-refractivity contribution < 1.29 is 5.11 Å². The molecule has 0 saturated carbocycles. The maximum atomic E-state index is 9.60. The summed E-state index contributed by atoms with van der Waals surface area (Å²) in [6, 6.07) is 12.7. The molecule has 1 atom stereocenters. The van der Waals surface area contributed by atoms with Crippen LogP contribution in [0.3, 0.4) is 0 Å². The van der Waals surface area contributed by atoms with Crippen molar-refractivity contribution in [1.82, 2.24) is 24.5 Å². The number of hydrogen-bond donors (Lipinski definition) is 2. The van der Waals surface area contributed by atoms with Gasteiger partial charge in [-0.25, -0.2) is 9.50 Å². The summed E-state index contributed by atoms with van der Waals surface area (Å²) < 4.78 is 1.82. The van der Waals surface area contributed by atoms with Gasteiger partial charge < -0.3 is 10.4 Å². The number of fused-ring (bicyclic) bond motifs is 1. The monoisotopic (exact) mass is 420 g/mol. The number of aliphatic hydroxyl groups is 1. The van der Waals surface area contributed by atoms with Gasteiger partial charge in [-0.05, 0) is 42.6 Å². The van der Waals surface area contributed by atoms with Crippen molar-refractivity contribution in [1.29, 1.82) is 0 Å². The summed E-state index contributed by atoms with van der Waals surface area (Å²) >= 11 is 1.54. The molecule has 0 radical (unpaired) electrons. The predicted molar refractivity (Wildman–Crippen MR) is 118 cm³/mol. The Balaban J connectivity index is 1.28. The molecule has 0 amide bonds. The van der Waals surface area contributed by atoms with E-state index in [0.717, 1.165) is 47.3 Å². The second-order valence-corrected chi connectivity index (χ2v) is 8.53. The van der Waals surface area contributed by atoms with Crippen molar-refractivity contribution in [3.8, 4) is 11.3 Å². The molecule has 1 aromatic carbocycles. The topological polar surface area (TPSA) is 78.6 Å². The van der Waals surface area contributed by atoms with Gasteiger partial charge in [-0.3, -0.25) is 9.88 Å². The van der Waals surface area contributed by atoms with E-state index in [9.17, 15) is 5.11 Å². The first-order chi connectivity index (χ1) is 14.8. The molecule has 7 nitrogen and oxygen atoms in total. The SMILES string of the molecule is OCC1CCCN1Cc1ccccc1CNc1nn2cc(-c3cccnc3)nc2s1. The van der Waals surface area contributed by atoms with Crippen molar-refractivity contribution in [2.45, 2.75) is 32.0 Å². The zero-order valence-corrected chi connectivity index (χ0v) is 17.4. The van der Waals surface area contributed by atoms with Gasteiger partial charge in [0, 0.05) is 37.1 Å². The number of rotatable bonds is 7. The Morgan fingerprint density at radius 2 is 2.07 bits per heavy atom. The van der Waals surface area contributed by atoms with E-state index in [0.29, 0.717) is 6.54 Å². The highest BCUT2D eigenvalue weighted by Crippen LogP contribution is 2.25. The molecule has 1 saturated heterocycles. The molecule has 8 heteroatoms. The van der Waals surface area contributed by atoms with Crippen LogP contribution in [0.15, 0.2) is 55.0 Å². The van der Waals surface area contributed by atoms with E-state index < -0.39 is 0 Å². The molecule has 3 aromatic heterocycles. The number of hydrogen-bond acceptors (Lipinski definition) is 7. The molecule has 154 valence electrons. The molecule has 1 aliphatic heterocycles. The summed E-state index contributed by atoms with van der Waals surface area (Å²) in [5, 5.41) is 18.5. The smallest absolute Gasteiger partial charge is 0.214 e. The summed E-state index contributed by atoms with van der Waals surface area (Å²) in [7, 11) is 0. The maximum absolute atomic E-state index is 9.60. The van der Waals surface area contributed by atoms with Gasteiger partial charge in [0.2, 0.25) is 10.1 Å². The minimum atomic E-state index is 0.236. The quantitative estimate of drug-likeness (QED) is 0.477. The van der Waals surface area contributed by atoms with Crippen molar-refractivity contribution in [2.75, 3.05) is 18.5 Å².